The van der Waals surface area contributed by atoms with Gasteiger partial charge in [-0.25, -0.2) is 8.42 Å². The van der Waals surface area contributed by atoms with Gasteiger partial charge in [-0.15, -0.1) is 0 Å². The molecule has 1 N–H and O–H groups in total. The van der Waals surface area contributed by atoms with Crippen LogP contribution in [0.1, 0.15) is 19.3 Å². The number of rotatable bonds is 4. The number of likely N-dealkylation sites (N-methyl/N-ethyl adjacent to an activating group) is 1. The number of piperazine rings is 1. The third-order valence-corrected chi connectivity index (χ3v) is 5.77. The van der Waals surface area contributed by atoms with Gasteiger partial charge in [0.15, 0.2) is 0 Å². The highest BCUT2D eigenvalue weighted by atomic mass is 32.2. The molecule has 0 bridgehead atoms. The highest BCUT2D eigenvalue weighted by Crippen LogP contribution is 2.25. The van der Waals surface area contributed by atoms with Crippen LogP contribution in [0.3, 0.4) is 0 Å². The molecule has 2 fully saturated rings. The normalized spacial score (nSPS) is 28.3. The topological polar surface area (TPSA) is 81.2 Å². The second-order valence-corrected chi connectivity index (χ2v) is 8.09. The van der Waals surface area contributed by atoms with Crippen LogP contribution in [0.25, 0.3) is 0 Å². The van der Waals surface area contributed by atoms with Crippen molar-refractivity contribution in [1.29, 1.82) is 0 Å². The van der Waals surface area contributed by atoms with E-state index in [2.05, 4.69) is 4.90 Å². The minimum Gasteiger partial charge on any atom is -0.391 e. The van der Waals surface area contributed by atoms with E-state index in [1.807, 2.05) is 0 Å². The standard InChI is InChI=1S/C13H25N3O4S/c1-14(21(2,19)20)10-13(18)16-8-6-15(7-9-16)11-4-3-5-12(11)17/h11-12,17H,3-10H2,1-2H3/t11-,12+/m0/s1. The number of aliphatic hydroxyl groups excluding tert-OH is 1. The average Bonchev–Trinajstić information content (AvgIpc) is 2.84. The molecule has 8 heteroatoms. The summed E-state index contributed by atoms with van der Waals surface area (Å²) < 4.78 is 23.7. The quantitative estimate of drug-likeness (QED) is 0.714. The summed E-state index contributed by atoms with van der Waals surface area (Å²) in [5, 5.41) is 9.93. The number of sulfonamides is 1. The molecule has 0 unspecified atom stereocenters. The van der Waals surface area contributed by atoms with Gasteiger partial charge >= 0.3 is 0 Å². The van der Waals surface area contributed by atoms with Crippen molar-refractivity contribution in [3.63, 3.8) is 0 Å². The van der Waals surface area contributed by atoms with Crippen molar-refractivity contribution in [1.82, 2.24) is 14.1 Å². The summed E-state index contributed by atoms with van der Waals surface area (Å²) in [4.78, 5) is 16.1. The SMILES string of the molecule is CN(CC(=O)N1CCN([C@H]2CCC[C@H]2O)CC1)S(C)(=O)=O. The number of amides is 1. The maximum absolute atomic E-state index is 12.1. The molecule has 7 nitrogen and oxygen atoms in total. The Morgan fingerprint density at radius 2 is 1.86 bits per heavy atom. The summed E-state index contributed by atoms with van der Waals surface area (Å²) in [7, 11) is -1.91. The van der Waals surface area contributed by atoms with Crippen molar-refractivity contribution in [2.45, 2.75) is 31.4 Å². The van der Waals surface area contributed by atoms with E-state index in [1.165, 1.54) is 7.05 Å². The van der Waals surface area contributed by atoms with Crippen molar-refractivity contribution >= 4 is 15.9 Å². The van der Waals surface area contributed by atoms with Crippen LogP contribution in [0, 0.1) is 0 Å². The van der Waals surface area contributed by atoms with Crippen LogP contribution in [-0.4, -0.2) is 91.7 Å². The molecule has 21 heavy (non-hydrogen) atoms. The van der Waals surface area contributed by atoms with Crippen molar-refractivity contribution in [3.05, 3.63) is 0 Å². The first-order chi connectivity index (χ1) is 9.79. The summed E-state index contributed by atoms with van der Waals surface area (Å²) in [6, 6.07) is 0.223. The average molecular weight is 319 g/mol. The van der Waals surface area contributed by atoms with Crippen molar-refractivity contribution in [2.24, 2.45) is 0 Å². The van der Waals surface area contributed by atoms with Gasteiger partial charge in [0.25, 0.3) is 0 Å². The Kier molecular flexibility index (Phi) is 5.24. The largest absolute Gasteiger partial charge is 0.391 e. The molecule has 0 radical (unpaired) electrons. The Hall–Kier alpha value is -0.700. The van der Waals surface area contributed by atoms with Gasteiger partial charge < -0.3 is 10.0 Å². The van der Waals surface area contributed by atoms with E-state index in [4.69, 9.17) is 0 Å². The van der Waals surface area contributed by atoms with Crippen LogP contribution >= 0.6 is 0 Å². The van der Waals surface area contributed by atoms with Crippen LogP contribution in [0.4, 0.5) is 0 Å². The maximum Gasteiger partial charge on any atom is 0.237 e. The summed E-state index contributed by atoms with van der Waals surface area (Å²) >= 11 is 0. The summed E-state index contributed by atoms with van der Waals surface area (Å²) in [6.45, 7) is 2.58. The molecule has 1 aliphatic carbocycles. The van der Waals surface area contributed by atoms with E-state index < -0.39 is 10.0 Å². The fourth-order valence-corrected chi connectivity index (χ4v) is 3.40. The molecule has 2 aliphatic rings. The first-order valence-corrected chi connectivity index (χ1v) is 9.25. The predicted octanol–water partition coefficient (Wildman–Crippen LogP) is -1.06. The second-order valence-electron chi connectivity index (χ2n) is 6.00. The van der Waals surface area contributed by atoms with Gasteiger partial charge in [0.05, 0.1) is 18.9 Å². The molecular formula is C13H25N3O4S. The zero-order chi connectivity index (χ0) is 15.6. The first kappa shape index (κ1) is 16.7. The van der Waals surface area contributed by atoms with Crippen LogP contribution in [0.15, 0.2) is 0 Å². The Bertz CT molecular complexity index is 474. The van der Waals surface area contributed by atoms with Crippen LogP contribution in [0.2, 0.25) is 0 Å². The predicted molar refractivity (Wildman–Crippen MR) is 79.3 cm³/mol. The van der Waals surface area contributed by atoms with Gasteiger partial charge in [0.2, 0.25) is 15.9 Å². The van der Waals surface area contributed by atoms with E-state index in [0.717, 1.165) is 42.9 Å². The van der Waals surface area contributed by atoms with Gasteiger partial charge in [-0.1, -0.05) is 0 Å². The number of hydrogen-bond acceptors (Lipinski definition) is 5. The molecular weight excluding hydrogens is 294 g/mol. The third kappa shape index (κ3) is 4.15. The lowest BCUT2D eigenvalue weighted by Gasteiger charge is -2.39. The molecule has 1 saturated heterocycles. The summed E-state index contributed by atoms with van der Waals surface area (Å²) in [5.74, 6) is -0.158. The Labute approximate surface area is 126 Å². The molecule has 122 valence electrons. The van der Waals surface area contributed by atoms with Crippen LogP contribution in [-0.2, 0) is 14.8 Å². The number of carbonyl (C=O) groups is 1. The van der Waals surface area contributed by atoms with Gasteiger partial charge in [0.1, 0.15) is 0 Å². The highest BCUT2D eigenvalue weighted by molar-refractivity contribution is 7.88. The maximum atomic E-state index is 12.1. The molecule has 0 spiro atoms. The Balaban J connectivity index is 1.82. The highest BCUT2D eigenvalue weighted by Gasteiger charge is 2.33. The number of carbonyl (C=O) groups excluding carboxylic acids is 1. The van der Waals surface area contributed by atoms with E-state index in [9.17, 15) is 18.3 Å². The molecule has 2 rings (SSSR count). The minimum absolute atomic E-state index is 0.106. The van der Waals surface area contributed by atoms with E-state index >= 15 is 0 Å². The number of nitrogens with zero attached hydrogens (tertiary/aromatic N) is 3. The fourth-order valence-electron chi connectivity index (χ4n) is 3.06. The Morgan fingerprint density at radius 1 is 1.24 bits per heavy atom. The molecule has 1 aliphatic heterocycles. The lowest BCUT2D eigenvalue weighted by molar-refractivity contribution is -0.133. The summed E-state index contributed by atoms with van der Waals surface area (Å²) in [5.41, 5.74) is 0. The summed E-state index contributed by atoms with van der Waals surface area (Å²) in [6.07, 6.45) is 3.79. The molecule has 0 aromatic heterocycles. The van der Waals surface area contributed by atoms with Gasteiger partial charge in [-0.05, 0) is 19.3 Å². The van der Waals surface area contributed by atoms with E-state index in [1.54, 1.807) is 4.90 Å². The molecule has 1 heterocycles. The van der Waals surface area contributed by atoms with Crippen molar-refractivity contribution in [2.75, 3.05) is 46.0 Å². The molecule has 1 saturated carbocycles. The van der Waals surface area contributed by atoms with Gasteiger partial charge in [-0.3, -0.25) is 9.69 Å². The zero-order valence-corrected chi connectivity index (χ0v) is 13.5. The zero-order valence-electron chi connectivity index (χ0n) is 12.7. The van der Waals surface area contributed by atoms with Gasteiger partial charge in [0, 0.05) is 39.3 Å². The number of hydrogen-bond donors (Lipinski definition) is 1. The fraction of sp³-hybridized carbons (Fsp3) is 0.923. The number of aliphatic hydroxyl groups is 1. The van der Waals surface area contributed by atoms with Crippen LogP contribution < -0.4 is 0 Å². The lowest BCUT2D eigenvalue weighted by atomic mass is 10.1. The van der Waals surface area contributed by atoms with Crippen molar-refractivity contribution < 1.29 is 18.3 Å². The third-order valence-electron chi connectivity index (χ3n) is 4.50. The first-order valence-electron chi connectivity index (χ1n) is 7.40. The molecule has 0 aromatic rings. The molecule has 0 aromatic carbocycles. The van der Waals surface area contributed by atoms with E-state index in [-0.39, 0.29) is 24.6 Å². The Morgan fingerprint density at radius 3 is 2.33 bits per heavy atom. The van der Waals surface area contributed by atoms with Gasteiger partial charge in [-0.2, -0.15) is 4.31 Å². The molecule has 1 amide bonds. The van der Waals surface area contributed by atoms with E-state index in [0.29, 0.717) is 13.1 Å². The minimum atomic E-state index is -3.33. The molecule has 2 atom stereocenters. The second kappa shape index (κ2) is 6.60. The lowest BCUT2D eigenvalue weighted by Crippen LogP contribution is -2.55. The monoisotopic (exact) mass is 319 g/mol. The van der Waals surface area contributed by atoms with Crippen molar-refractivity contribution in [3.8, 4) is 0 Å². The van der Waals surface area contributed by atoms with Crippen LogP contribution in [0.5, 0.6) is 0 Å². The smallest absolute Gasteiger partial charge is 0.237 e.